The summed E-state index contributed by atoms with van der Waals surface area (Å²) in [6, 6.07) is 55.2. The molecule has 0 fully saturated rings. The molecule has 628 valence electrons. The van der Waals surface area contributed by atoms with E-state index in [0.717, 1.165) is 97.7 Å². The van der Waals surface area contributed by atoms with Gasteiger partial charge >= 0.3 is 29.8 Å². The van der Waals surface area contributed by atoms with Gasteiger partial charge in [-0.2, -0.15) is 0 Å². The van der Waals surface area contributed by atoms with E-state index in [0.29, 0.717) is 52.3 Å². The number of fused-ring (bicyclic) bond motifs is 8. The first-order chi connectivity index (χ1) is 56.5. The van der Waals surface area contributed by atoms with Gasteiger partial charge in [-0.25, -0.2) is 0 Å². The number of hydrogen-bond donors (Lipinski definition) is 0. The first-order valence-corrected chi connectivity index (χ1v) is 41.5. The zero-order valence-corrected chi connectivity index (χ0v) is 71.4. The number of methoxy groups -OCH3 is 1. The van der Waals surface area contributed by atoms with Crippen LogP contribution in [0.4, 0.5) is 34.1 Å². The molecule has 0 saturated carbocycles. The van der Waals surface area contributed by atoms with Crippen LogP contribution in [0.2, 0.25) is 0 Å². The number of rotatable bonds is 37. The molecule has 0 amide bonds. The number of carbonyl (C=O) groups excluding carboxylic acids is 6. The van der Waals surface area contributed by atoms with Crippen LogP contribution >= 0.6 is 0 Å². The fraction of sp³-hybridized carbons (Fsp3) is 0.458. The highest BCUT2D eigenvalue weighted by atomic mass is 16.6. The van der Waals surface area contributed by atoms with Gasteiger partial charge in [0.2, 0.25) is 11.4 Å². The molecule has 0 radical (unpaired) electrons. The molecule has 8 aromatic carbocycles. The molecule has 0 bridgehead atoms. The van der Waals surface area contributed by atoms with Crippen LogP contribution in [0, 0.1) is 10.8 Å². The Morgan fingerprint density at radius 1 is 0.415 bits per heavy atom. The summed E-state index contributed by atoms with van der Waals surface area (Å²) < 4.78 is 56.4. The molecule has 22 nitrogen and oxygen atoms in total. The fourth-order valence-corrected chi connectivity index (χ4v) is 15.9. The van der Waals surface area contributed by atoms with Crippen molar-refractivity contribution in [3.63, 3.8) is 0 Å². The molecule has 0 saturated heterocycles. The van der Waals surface area contributed by atoms with E-state index >= 15 is 0 Å². The highest BCUT2D eigenvalue weighted by Crippen LogP contribution is 2.59. The molecule has 118 heavy (non-hydrogen) atoms. The van der Waals surface area contributed by atoms with Gasteiger partial charge in [0, 0.05) is 86.1 Å². The summed E-state index contributed by atoms with van der Waals surface area (Å²) in [5, 5.41) is 4.22. The maximum Gasteiger partial charge on any atom is 0.306 e. The van der Waals surface area contributed by atoms with Gasteiger partial charge in [-0.15, -0.1) is 0 Å². The second kappa shape index (κ2) is 39.3. The zero-order valence-electron chi connectivity index (χ0n) is 71.4. The van der Waals surface area contributed by atoms with Crippen molar-refractivity contribution < 1.29 is 76.1 Å². The molecule has 22 heteroatoms. The smallest absolute Gasteiger partial charge is 0.306 e. The topological polar surface area (TPSA) is 232 Å². The van der Waals surface area contributed by atoms with Crippen LogP contribution in [0.5, 0.6) is 11.5 Å². The summed E-state index contributed by atoms with van der Waals surface area (Å²) in [6.45, 7) is 34.5. The summed E-state index contributed by atoms with van der Waals surface area (Å²) in [5.74, 6) is -0.514. The maximum absolute atomic E-state index is 12.5. The number of carbonyl (C=O) groups is 6. The molecule has 0 aromatic heterocycles. The molecule has 2 spiro atoms. The van der Waals surface area contributed by atoms with Crippen LogP contribution in [-0.2, 0) is 77.5 Å². The number of ether oxygens (including phenoxy) is 10. The first kappa shape index (κ1) is 88.1. The van der Waals surface area contributed by atoms with Gasteiger partial charge in [0.1, 0.15) is 50.2 Å². The van der Waals surface area contributed by atoms with Gasteiger partial charge in [0.05, 0.1) is 88.6 Å². The third-order valence-corrected chi connectivity index (χ3v) is 22.0. The largest absolute Gasteiger partial charge is 0.464 e. The number of ketones is 1. The third-order valence-electron chi connectivity index (χ3n) is 22.0. The van der Waals surface area contributed by atoms with E-state index < -0.39 is 34.8 Å². The molecule has 0 N–H and O–H groups in total. The van der Waals surface area contributed by atoms with E-state index in [1.54, 1.807) is 7.11 Å². The van der Waals surface area contributed by atoms with E-state index in [9.17, 15) is 28.8 Å². The van der Waals surface area contributed by atoms with Crippen molar-refractivity contribution in [3.8, 4) is 33.8 Å². The Balaban J connectivity index is 0.000000247. The lowest BCUT2D eigenvalue weighted by Gasteiger charge is -2.48. The van der Waals surface area contributed by atoms with E-state index in [2.05, 4.69) is 247 Å². The molecule has 4 heterocycles. The van der Waals surface area contributed by atoms with Crippen molar-refractivity contribution in [1.29, 1.82) is 0 Å². The molecule has 4 aliphatic heterocycles. The maximum atomic E-state index is 12.5. The van der Waals surface area contributed by atoms with Gasteiger partial charge < -0.3 is 71.8 Å². The minimum absolute atomic E-state index is 0.00193. The van der Waals surface area contributed by atoms with Gasteiger partial charge in [-0.1, -0.05) is 151 Å². The van der Waals surface area contributed by atoms with Crippen molar-refractivity contribution in [3.05, 3.63) is 169 Å². The Morgan fingerprint density at radius 3 is 1.12 bits per heavy atom. The van der Waals surface area contributed by atoms with Gasteiger partial charge in [0.15, 0.2) is 11.5 Å². The quantitative estimate of drug-likeness (QED) is 0.0200. The number of aliphatic imine (C=N–C) groups is 2. The van der Waals surface area contributed by atoms with E-state index in [1.807, 2.05) is 25.4 Å². The number of unbranched alkanes of at least 4 members (excludes halogenated alkanes) is 1. The van der Waals surface area contributed by atoms with Crippen LogP contribution in [-0.4, -0.2) is 172 Å². The molecule has 2 atom stereocenters. The molecular formula is C96H118N6O16. The highest BCUT2D eigenvalue weighted by molar-refractivity contribution is 6.07. The Bertz CT molecular complexity index is 4890. The van der Waals surface area contributed by atoms with E-state index in [4.69, 9.17) is 57.4 Å². The highest BCUT2D eigenvalue weighted by Gasteiger charge is 2.62. The number of likely N-dealkylation sites (N-methyl/N-ethyl adjacent to an activating group) is 2. The average molecular weight is 1610 g/mol. The number of Topliss-reactive ketones (excluding diaryl/α,β-unsaturated/α-hetero) is 1. The minimum atomic E-state index is -0.821. The summed E-state index contributed by atoms with van der Waals surface area (Å²) in [5.41, 5.74) is 10.5. The van der Waals surface area contributed by atoms with Crippen molar-refractivity contribution in [2.75, 3.05) is 132 Å². The van der Waals surface area contributed by atoms with Crippen LogP contribution < -0.4 is 29.1 Å². The molecule has 8 aromatic rings. The van der Waals surface area contributed by atoms with Crippen LogP contribution in [0.25, 0.3) is 43.8 Å². The average Bonchev–Trinajstić information content (AvgIpc) is 1.53. The number of anilines is 4. The molecule has 12 rings (SSSR count). The number of esters is 5. The van der Waals surface area contributed by atoms with Crippen molar-refractivity contribution >= 4 is 104 Å². The number of hydrogen-bond acceptors (Lipinski definition) is 22. The van der Waals surface area contributed by atoms with Crippen LogP contribution in [0.3, 0.4) is 0 Å². The Labute approximate surface area is 695 Å². The second-order valence-corrected chi connectivity index (χ2v) is 33.8. The predicted octanol–water partition coefficient (Wildman–Crippen LogP) is 18.0. The summed E-state index contributed by atoms with van der Waals surface area (Å²) >= 11 is 0. The Kier molecular flexibility index (Phi) is 29.3. The monoisotopic (exact) mass is 1610 g/mol. The van der Waals surface area contributed by atoms with Gasteiger partial charge in [-0.05, 0) is 165 Å². The first-order valence-electron chi connectivity index (χ1n) is 41.5. The van der Waals surface area contributed by atoms with E-state index in [1.165, 1.54) is 29.4 Å². The second-order valence-electron chi connectivity index (χ2n) is 33.8. The Hall–Kier alpha value is -10.7. The zero-order chi connectivity index (χ0) is 84.4. The SMILES string of the molecule is CCN(CCOC(=O)CCC(=O)OCCOCCOC(=O)CCCCC(=O)OCCOCCOC)c1ccc(-c2cc3c(c4ccccc24)OC2(C=N3)N(CC(C)(C)C)c3ccccc3C2(C)C)cc1.CCN(CCOC(=O)CCC(C)=O)c1ccc(-c2cc3c(c4ccccc24)OC2(C=N3)N(CC(C)(C)C)c3ccccc3C2(C)C)cc1. The molecule has 2 unspecified atom stereocenters. The summed E-state index contributed by atoms with van der Waals surface area (Å²) in [6.07, 6.45) is 5.56. The van der Waals surface area contributed by atoms with Crippen molar-refractivity contribution in [2.45, 2.75) is 164 Å². The summed E-state index contributed by atoms with van der Waals surface area (Å²) in [7, 11) is 1.58. The normalized spacial score (nSPS) is 16.4. The minimum Gasteiger partial charge on any atom is -0.464 e. The fourth-order valence-electron chi connectivity index (χ4n) is 15.9. The Morgan fingerprint density at radius 2 is 0.754 bits per heavy atom. The number of benzene rings is 8. The molecule has 4 aliphatic rings. The van der Waals surface area contributed by atoms with Gasteiger partial charge in [-0.3, -0.25) is 34.0 Å². The molecular weight excluding hydrogens is 1490 g/mol. The number of nitrogens with zero attached hydrogens (tertiary/aromatic N) is 6. The number of para-hydroxylation sites is 2. The van der Waals surface area contributed by atoms with Crippen molar-refractivity contribution in [1.82, 2.24) is 0 Å². The van der Waals surface area contributed by atoms with Gasteiger partial charge in [0.25, 0.3) is 0 Å². The standard InChI is InChI=1S/C55H71N3O12.C41H47N3O4/c1-8-57(27-28-66-50(61)25-26-51(62)69-36-33-65-32-35-68-49(60)20-14-13-19-48(59)67-34-31-64-30-29-63-7)41-23-21-40(22-24-41)44-37-46-52(43-16-10-9-15-42(43)44)70-55(38-56-46)54(5,6)45-17-11-12-18-47(45)58(55)39-53(2,3)4;1-8-43(23-24-47-37(46)22-17-28(2)45)30-20-18-29(19-21-30)33-25-35-38(32-14-10-9-13-31(32)33)48-41(26-42-35)40(6,7)34-15-11-12-16-36(34)44(41)27-39(3,4)5/h9-12,15-18,21-24,37-38H,8,13-14,19-20,25-36,39H2,1-7H3;9-16,18-21,25-26H,8,17,22-24,27H2,1-7H3. The van der Waals surface area contributed by atoms with E-state index in [-0.39, 0.29) is 119 Å². The van der Waals surface area contributed by atoms with Crippen LogP contribution in [0.15, 0.2) is 168 Å². The van der Waals surface area contributed by atoms with Crippen molar-refractivity contribution in [2.24, 2.45) is 20.8 Å². The summed E-state index contributed by atoms with van der Waals surface area (Å²) in [4.78, 5) is 91.1. The molecule has 0 aliphatic carbocycles. The predicted molar refractivity (Wildman–Crippen MR) is 466 cm³/mol. The van der Waals surface area contributed by atoms with Crippen LogP contribution in [0.1, 0.15) is 153 Å². The lowest BCUT2D eigenvalue weighted by molar-refractivity contribution is -0.151. The lowest BCUT2D eigenvalue weighted by atomic mass is 9.77. The lowest BCUT2D eigenvalue weighted by Crippen LogP contribution is -2.63. The third kappa shape index (κ3) is 20.9.